The average molecular weight is 350 g/mol. The van der Waals surface area contributed by atoms with Crippen LogP contribution >= 0.6 is 11.3 Å². The number of carbonyl (C=O) groups is 2. The van der Waals surface area contributed by atoms with Crippen molar-refractivity contribution in [2.75, 3.05) is 5.32 Å². The van der Waals surface area contributed by atoms with Crippen LogP contribution in [0.25, 0.3) is 0 Å². The molecule has 2 amide bonds. The van der Waals surface area contributed by atoms with Crippen molar-refractivity contribution in [3.63, 3.8) is 0 Å². The fourth-order valence-corrected chi connectivity index (χ4v) is 4.37. The normalized spacial score (nSPS) is 16.5. The van der Waals surface area contributed by atoms with Crippen molar-refractivity contribution in [3.05, 3.63) is 51.4 Å². The van der Waals surface area contributed by atoms with Gasteiger partial charge in [0.15, 0.2) is 0 Å². The van der Waals surface area contributed by atoms with Crippen molar-refractivity contribution >= 4 is 28.2 Å². The van der Waals surface area contributed by atoms with Gasteiger partial charge in [0.25, 0.3) is 11.8 Å². The summed E-state index contributed by atoms with van der Waals surface area (Å²) in [6.07, 6.45) is 2.51. The standard InChI is InChI=1S/C17H16F2N2O2S/c1-8-2-3-12-13(4-8)24-17(14(12)15(20)22)21-16(23)9-5-10(18)7-11(19)6-9/h5-8H,2-4H2,1H3,(H2,20,22)(H,21,23)/t8-/m1/s1. The van der Waals surface area contributed by atoms with Crippen LogP contribution in [0, 0.1) is 17.6 Å². The summed E-state index contributed by atoms with van der Waals surface area (Å²) in [5.41, 5.74) is 6.52. The first-order valence-electron chi connectivity index (χ1n) is 7.57. The number of primary amides is 1. The molecular weight excluding hydrogens is 334 g/mol. The van der Waals surface area contributed by atoms with E-state index in [0.717, 1.165) is 41.8 Å². The molecule has 0 saturated heterocycles. The second kappa shape index (κ2) is 6.32. The van der Waals surface area contributed by atoms with Gasteiger partial charge in [0.1, 0.15) is 16.6 Å². The smallest absolute Gasteiger partial charge is 0.256 e. The Morgan fingerprint density at radius 2 is 1.92 bits per heavy atom. The van der Waals surface area contributed by atoms with Gasteiger partial charge in [-0.05, 0) is 42.9 Å². The van der Waals surface area contributed by atoms with Gasteiger partial charge in [-0.25, -0.2) is 8.78 Å². The van der Waals surface area contributed by atoms with Gasteiger partial charge in [0, 0.05) is 16.5 Å². The highest BCUT2D eigenvalue weighted by Crippen LogP contribution is 2.39. The Balaban J connectivity index is 1.95. The van der Waals surface area contributed by atoms with Crippen LogP contribution in [-0.2, 0) is 12.8 Å². The van der Waals surface area contributed by atoms with Gasteiger partial charge in [-0.3, -0.25) is 9.59 Å². The summed E-state index contributed by atoms with van der Waals surface area (Å²) in [6.45, 7) is 2.13. The molecule has 0 saturated carbocycles. The van der Waals surface area contributed by atoms with Gasteiger partial charge in [0.05, 0.1) is 5.56 Å². The summed E-state index contributed by atoms with van der Waals surface area (Å²) < 4.78 is 26.5. The van der Waals surface area contributed by atoms with Crippen molar-refractivity contribution in [2.45, 2.75) is 26.2 Å². The van der Waals surface area contributed by atoms with Crippen LogP contribution in [0.5, 0.6) is 0 Å². The lowest BCUT2D eigenvalue weighted by atomic mass is 9.88. The quantitative estimate of drug-likeness (QED) is 0.889. The van der Waals surface area contributed by atoms with E-state index in [1.807, 2.05) is 0 Å². The van der Waals surface area contributed by atoms with Gasteiger partial charge in [0.2, 0.25) is 0 Å². The Bertz CT molecular complexity index is 812. The Kier molecular flexibility index (Phi) is 4.36. The predicted octanol–water partition coefficient (Wildman–Crippen LogP) is 3.50. The summed E-state index contributed by atoms with van der Waals surface area (Å²) in [4.78, 5) is 25.1. The molecule has 3 rings (SSSR count). The predicted molar refractivity (Wildman–Crippen MR) is 88.3 cm³/mol. The lowest BCUT2D eigenvalue weighted by Gasteiger charge is -2.18. The molecule has 0 unspecified atom stereocenters. The Morgan fingerprint density at radius 3 is 2.54 bits per heavy atom. The van der Waals surface area contributed by atoms with Crippen LogP contribution in [0.2, 0.25) is 0 Å². The maximum atomic E-state index is 13.3. The van der Waals surface area contributed by atoms with Gasteiger partial charge in [-0.15, -0.1) is 11.3 Å². The SMILES string of the molecule is C[C@@H]1CCc2c(sc(NC(=O)c3cc(F)cc(F)c3)c2C(N)=O)C1. The number of thiophene rings is 1. The molecule has 1 atom stereocenters. The molecule has 0 spiro atoms. The highest BCUT2D eigenvalue weighted by atomic mass is 32.1. The van der Waals surface area contributed by atoms with Crippen LogP contribution in [0.1, 0.15) is 44.5 Å². The van der Waals surface area contributed by atoms with Crippen LogP contribution in [0.3, 0.4) is 0 Å². The highest BCUT2D eigenvalue weighted by molar-refractivity contribution is 7.17. The number of hydrogen-bond acceptors (Lipinski definition) is 3. The van der Waals surface area contributed by atoms with Crippen molar-refractivity contribution < 1.29 is 18.4 Å². The van der Waals surface area contributed by atoms with E-state index in [2.05, 4.69) is 12.2 Å². The third kappa shape index (κ3) is 3.17. The van der Waals surface area contributed by atoms with Crippen molar-refractivity contribution in [2.24, 2.45) is 11.7 Å². The molecular formula is C17H16F2N2O2S. The zero-order valence-electron chi connectivity index (χ0n) is 13.0. The second-order valence-corrected chi connectivity index (χ2v) is 7.14. The minimum Gasteiger partial charge on any atom is -0.365 e. The molecule has 1 aliphatic rings. The van der Waals surface area contributed by atoms with E-state index in [9.17, 15) is 18.4 Å². The van der Waals surface area contributed by atoms with Gasteiger partial charge >= 0.3 is 0 Å². The first-order chi connectivity index (χ1) is 11.3. The van der Waals surface area contributed by atoms with Gasteiger partial charge < -0.3 is 11.1 Å². The number of halogens is 2. The third-order valence-corrected chi connectivity index (χ3v) is 5.28. The average Bonchev–Trinajstić information content (AvgIpc) is 2.83. The third-order valence-electron chi connectivity index (χ3n) is 4.11. The maximum Gasteiger partial charge on any atom is 0.256 e. The minimum absolute atomic E-state index is 0.150. The largest absolute Gasteiger partial charge is 0.365 e. The van der Waals surface area contributed by atoms with E-state index >= 15 is 0 Å². The summed E-state index contributed by atoms with van der Waals surface area (Å²) >= 11 is 1.31. The van der Waals surface area contributed by atoms with Crippen molar-refractivity contribution in [1.82, 2.24) is 0 Å². The molecule has 1 heterocycles. The first kappa shape index (κ1) is 16.6. The number of hydrogen-bond donors (Lipinski definition) is 2. The molecule has 0 aliphatic heterocycles. The molecule has 3 N–H and O–H groups in total. The first-order valence-corrected chi connectivity index (χ1v) is 8.38. The van der Waals surface area contributed by atoms with E-state index in [1.165, 1.54) is 11.3 Å². The summed E-state index contributed by atoms with van der Waals surface area (Å²) in [5, 5.41) is 2.92. The molecule has 0 bridgehead atoms. The topological polar surface area (TPSA) is 72.2 Å². The van der Waals surface area contributed by atoms with Gasteiger partial charge in [-0.1, -0.05) is 6.92 Å². The minimum atomic E-state index is -0.838. The van der Waals surface area contributed by atoms with E-state index in [0.29, 0.717) is 22.5 Å². The number of nitrogens with two attached hydrogens (primary N) is 1. The summed E-state index contributed by atoms with van der Waals surface area (Å²) in [5.74, 6) is -2.47. The van der Waals surface area contributed by atoms with E-state index < -0.39 is 23.4 Å². The number of carbonyl (C=O) groups excluding carboxylic acids is 2. The molecule has 0 fully saturated rings. The number of fused-ring (bicyclic) bond motifs is 1. The van der Waals surface area contributed by atoms with Crippen LogP contribution in [0.15, 0.2) is 18.2 Å². The molecule has 0 radical (unpaired) electrons. The van der Waals surface area contributed by atoms with Crippen LogP contribution in [0.4, 0.5) is 13.8 Å². The highest BCUT2D eigenvalue weighted by Gasteiger charge is 2.27. The fraction of sp³-hybridized carbons (Fsp3) is 0.294. The lowest BCUT2D eigenvalue weighted by molar-refractivity contribution is 0.1000. The number of amides is 2. The summed E-state index contributed by atoms with van der Waals surface area (Å²) in [6, 6.07) is 2.58. The number of benzene rings is 1. The molecule has 4 nitrogen and oxygen atoms in total. The zero-order valence-corrected chi connectivity index (χ0v) is 13.8. The number of nitrogens with one attached hydrogen (secondary N) is 1. The van der Waals surface area contributed by atoms with E-state index in [1.54, 1.807) is 0 Å². The molecule has 1 aromatic carbocycles. The molecule has 24 heavy (non-hydrogen) atoms. The number of rotatable bonds is 3. The Morgan fingerprint density at radius 1 is 1.25 bits per heavy atom. The second-order valence-electron chi connectivity index (χ2n) is 6.03. The van der Waals surface area contributed by atoms with Crippen molar-refractivity contribution in [1.29, 1.82) is 0 Å². The molecule has 126 valence electrons. The summed E-state index contributed by atoms with van der Waals surface area (Å²) in [7, 11) is 0. The van der Waals surface area contributed by atoms with Crippen LogP contribution in [-0.4, -0.2) is 11.8 Å². The molecule has 1 aliphatic carbocycles. The van der Waals surface area contributed by atoms with E-state index in [4.69, 9.17) is 5.73 Å². The maximum absolute atomic E-state index is 13.3. The zero-order chi connectivity index (χ0) is 17.4. The van der Waals surface area contributed by atoms with Crippen molar-refractivity contribution in [3.8, 4) is 0 Å². The lowest BCUT2D eigenvalue weighted by Crippen LogP contribution is -2.19. The molecule has 2 aromatic rings. The monoisotopic (exact) mass is 350 g/mol. The fourth-order valence-electron chi connectivity index (χ4n) is 2.96. The Hall–Kier alpha value is -2.28. The number of anilines is 1. The van der Waals surface area contributed by atoms with Crippen LogP contribution < -0.4 is 11.1 Å². The van der Waals surface area contributed by atoms with E-state index in [-0.39, 0.29) is 5.56 Å². The Labute approximate surface area is 141 Å². The molecule has 1 aromatic heterocycles. The van der Waals surface area contributed by atoms with Gasteiger partial charge in [-0.2, -0.15) is 0 Å². The molecule has 7 heteroatoms.